The standard InChI is InChI=1S/C13H14ClNS/c1-8-4-5-11(9(2)6-8)13-10(3)15-12(7-14)16-13/h4-6H,7H2,1-3H3. The molecule has 0 aliphatic rings. The molecule has 1 aromatic heterocycles. The van der Waals surface area contributed by atoms with E-state index in [1.54, 1.807) is 11.3 Å². The molecule has 1 heterocycles. The van der Waals surface area contributed by atoms with Gasteiger partial charge in [0.25, 0.3) is 0 Å². The average Bonchev–Trinajstić information content (AvgIpc) is 2.60. The van der Waals surface area contributed by atoms with Crippen LogP contribution in [0.15, 0.2) is 18.2 Å². The van der Waals surface area contributed by atoms with Crippen LogP contribution in [0.3, 0.4) is 0 Å². The summed E-state index contributed by atoms with van der Waals surface area (Å²) in [4.78, 5) is 5.70. The molecule has 0 unspecified atom stereocenters. The number of hydrogen-bond acceptors (Lipinski definition) is 2. The first kappa shape index (κ1) is 11.6. The molecule has 0 spiro atoms. The van der Waals surface area contributed by atoms with Gasteiger partial charge >= 0.3 is 0 Å². The Morgan fingerprint density at radius 2 is 2.00 bits per heavy atom. The molecule has 2 rings (SSSR count). The summed E-state index contributed by atoms with van der Waals surface area (Å²) in [7, 11) is 0. The predicted octanol–water partition coefficient (Wildman–Crippen LogP) is 4.47. The van der Waals surface area contributed by atoms with Crippen molar-refractivity contribution in [3.8, 4) is 10.4 Å². The van der Waals surface area contributed by atoms with E-state index in [0.29, 0.717) is 5.88 Å². The van der Waals surface area contributed by atoms with Gasteiger partial charge in [0.1, 0.15) is 5.01 Å². The highest BCUT2D eigenvalue weighted by Gasteiger charge is 2.10. The second kappa shape index (κ2) is 4.56. The van der Waals surface area contributed by atoms with E-state index in [2.05, 4.69) is 37.0 Å². The fourth-order valence-electron chi connectivity index (χ4n) is 1.83. The lowest BCUT2D eigenvalue weighted by atomic mass is 10.0. The number of alkyl halides is 1. The van der Waals surface area contributed by atoms with Crippen LogP contribution in [0.2, 0.25) is 0 Å². The minimum atomic E-state index is 0.496. The van der Waals surface area contributed by atoms with Crippen LogP contribution < -0.4 is 0 Å². The highest BCUT2D eigenvalue weighted by atomic mass is 35.5. The third kappa shape index (κ3) is 2.13. The van der Waals surface area contributed by atoms with Gasteiger partial charge in [-0.3, -0.25) is 0 Å². The summed E-state index contributed by atoms with van der Waals surface area (Å²) in [5, 5.41) is 0.995. The van der Waals surface area contributed by atoms with E-state index in [9.17, 15) is 0 Å². The lowest BCUT2D eigenvalue weighted by Crippen LogP contribution is -1.84. The summed E-state index contributed by atoms with van der Waals surface area (Å²) in [6.45, 7) is 6.30. The van der Waals surface area contributed by atoms with Crippen LogP contribution >= 0.6 is 22.9 Å². The minimum absolute atomic E-state index is 0.496. The molecule has 3 heteroatoms. The zero-order valence-corrected chi connectivity index (χ0v) is 11.2. The molecule has 84 valence electrons. The van der Waals surface area contributed by atoms with Crippen LogP contribution in [-0.2, 0) is 5.88 Å². The highest BCUT2D eigenvalue weighted by molar-refractivity contribution is 7.15. The predicted molar refractivity (Wildman–Crippen MR) is 71.3 cm³/mol. The summed E-state index contributed by atoms with van der Waals surface area (Å²) < 4.78 is 0. The van der Waals surface area contributed by atoms with Crippen LogP contribution in [0.25, 0.3) is 10.4 Å². The number of thiazole rings is 1. The van der Waals surface area contributed by atoms with Crippen molar-refractivity contribution in [3.05, 3.63) is 40.0 Å². The number of rotatable bonds is 2. The molecule has 0 fully saturated rings. The molecular weight excluding hydrogens is 238 g/mol. The van der Waals surface area contributed by atoms with Crippen molar-refractivity contribution >= 4 is 22.9 Å². The van der Waals surface area contributed by atoms with Crippen molar-refractivity contribution in [1.29, 1.82) is 0 Å². The average molecular weight is 252 g/mol. The Labute approximate surface area is 105 Å². The first-order chi connectivity index (χ1) is 7.61. The molecular formula is C13H14ClNS. The largest absolute Gasteiger partial charge is 0.245 e. The van der Waals surface area contributed by atoms with Gasteiger partial charge in [-0.05, 0) is 31.9 Å². The van der Waals surface area contributed by atoms with Gasteiger partial charge in [0.05, 0.1) is 16.5 Å². The van der Waals surface area contributed by atoms with Gasteiger partial charge in [0.15, 0.2) is 0 Å². The number of nitrogens with zero attached hydrogens (tertiary/aromatic N) is 1. The molecule has 1 aromatic carbocycles. The highest BCUT2D eigenvalue weighted by Crippen LogP contribution is 2.33. The Hall–Kier alpha value is -0.860. The van der Waals surface area contributed by atoms with Gasteiger partial charge in [-0.2, -0.15) is 0 Å². The lowest BCUT2D eigenvalue weighted by Gasteiger charge is -2.04. The number of aromatic nitrogens is 1. The van der Waals surface area contributed by atoms with Gasteiger partial charge < -0.3 is 0 Å². The summed E-state index contributed by atoms with van der Waals surface area (Å²) in [5.41, 5.74) is 4.94. The first-order valence-corrected chi connectivity index (χ1v) is 6.57. The normalized spacial score (nSPS) is 10.8. The van der Waals surface area contributed by atoms with Crippen LogP contribution in [0.5, 0.6) is 0 Å². The molecule has 0 atom stereocenters. The zero-order chi connectivity index (χ0) is 11.7. The van der Waals surface area contributed by atoms with Crippen LogP contribution in [0.1, 0.15) is 21.8 Å². The maximum absolute atomic E-state index is 5.81. The second-order valence-electron chi connectivity index (χ2n) is 3.97. The van der Waals surface area contributed by atoms with Gasteiger partial charge in [-0.15, -0.1) is 22.9 Å². The van der Waals surface area contributed by atoms with Crippen LogP contribution in [0, 0.1) is 20.8 Å². The lowest BCUT2D eigenvalue weighted by molar-refractivity contribution is 1.18. The summed E-state index contributed by atoms with van der Waals surface area (Å²) >= 11 is 7.50. The van der Waals surface area contributed by atoms with E-state index in [1.165, 1.54) is 21.6 Å². The fourth-order valence-corrected chi connectivity index (χ4v) is 3.06. The SMILES string of the molecule is Cc1ccc(-c2sc(CCl)nc2C)c(C)c1. The number of hydrogen-bond donors (Lipinski definition) is 0. The van der Waals surface area contributed by atoms with Crippen molar-refractivity contribution < 1.29 is 0 Å². The maximum Gasteiger partial charge on any atom is 0.108 e. The first-order valence-electron chi connectivity index (χ1n) is 5.21. The Kier molecular flexibility index (Phi) is 3.31. The molecule has 0 bridgehead atoms. The molecule has 0 N–H and O–H groups in total. The van der Waals surface area contributed by atoms with Crippen LogP contribution in [0.4, 0.5) is 0 Å². The van der Waals surface area contributed by atoms with Gasteiger partial charge in [0, 0.05) is 0 Å². The maximum atomic E-state index is 5.81. The topological polar surface area (TPSA) is 12.9 Å². The molecule has 2 aromatic rings. The quantitative estimate of drug-likeness (QED) is 0.718. The molecule has 0 radical (unpaired) electrons. The van der Waals surface area contributed by atoms with Crippen molar-refractivity contribution in [2.75, 3.05) is 0 Å². The molecule has 0 aliphatic carbocycles. The van der Waals surface area contributed by atoms with E-state index in [1.807, 2.05) is 6.92 Å². The van der Waals surface area contributed by atoms with E-state index < -0.39 is 0 Å². The Bertz CT molecular complexity index is 517. The molecule has 0 amide bonds. The number of halogens is 1. The van der Waals surface area contributed by atoms with Gasteiger partial charge in [-0.25, -0.2) is 4.98 Å². The smallest absolute Gasteiger partial charge is 0.108 e. The molecule has 16 heavy (non-hydrogen) atoms. The minimum Gasteiger partial charge on any atom is -0.245 e. The third-order valence-electron chi connectivity index (χ3n) is 2.58. The Morgan fingerprint density at radius 3 is 2.56 bits per heavy atom. The van der Waals surface area contributed by atoms with Crippen molar-refractivity contribution in [3.63, 3.8) is 0 Å². The monoisotopic (exact) mass is 251 g/mol. The van der Waals surface area contributed by atoms with Crippen LogP contribution in [-0.4, -0.2) is 4.98 Å². The Balaban J connectivity index is 2.53. The fraction of sp³-hybridized carbons (Fsp3) is 0.308. The van der Waals surface area contributed by atoms with E-state index in [-0.39, 0.29) is 0 Å². The van der Waals surface area contributed by atoms with Gasteiger partial charge in [-0.1, -0.05) is 23.8 Å². The van der Waals surface area contributed by atoms with Crippen molar-refractivity contribution in [1.82, 2.24) is 4.98 Å². The van der Waals surface area contributed by atoms with Crippen molar-refractivity contribution in [2.24, 2.45) is 0 Å². The molecule has 0 saturated carbocycles. The van der Waals surface area contributed by atoms with E-state index in [4.69, 9.17) is 11.6 Å². The molecule has 1 nitrogen and oxygen atoms in total. The number of benzene rings is 1. The Morgan fingerprint density at radius 1 is 1.25 bits per heavy atom. The van der Waals surface area contributed by atoms with E-state index in [0.717, 1.165) is 10.7 Å². The molecule has 0 saturated heterocycles. The summed E-state index contributed by atoms with van der Waals surface area (Å²) in [6.07, 6.45) is 0. The summed E-state index contributed by atoms with van der Waals surface area (Å²) in [6, 6.07) is 6.51. The second-order valence-corrected chi connectivity index (χ2v) is 5.33. The third-order valence-corrected chi connectivity index (χ3v) is 4.18. The van der Waals surface area contributed by atoms with Gasteiger partial charge in [0.2, 0.25) is 0 Å². The van der Waals surface area contributed by atoms with Crippen molar-refractivity contribution in [2.45, 2.75) is 26.7 Å². The number of aryl methyl sites for hydroxylation is 3. The summed E-state index contributed by atoms with van der Waals surface area (Å²) in [5.74, 6) is 0.496. The zero-order valence-electron chi connectivity index (χ0n) is 9.67. The molecule has 0 aliphatic heterocycles. The van der Waals surface area contributed by atoms with E-state index >= 15 is 0 Å².